The second-order valence-electron chi connectivity index (χ2n) is 8.17. The first-order chi connectivity index (χ1) is 15.7. The van der Waals surface area contributed by atoms with Crippen LogP contribution in [0.1, 0.15) is 45.9 Å². The summed E-state index contributed by atoms with van der Waals surface area (Å²) in [5.41, 5.74) is -0.661. The number of nitro groups is 1. The maximum atomic E-state index is 12.6. The topological polar surface area (TPSA) is 158 Å². The first-order valence-corrected chi connectivity index (χ1v) is 10.8. The first-order valence-electron chi connectivity index (χ1n) is 10.8. The maximum absolute atomic E-state index is 12.6. The van der Waals surface area contributed by atoms with Gasteiger partial charge in [0.15, 0.2) is 11.2 Å². The van der Waals surface area contributed by atoms with Gasteiger partial charge in [-0.25, -0.2) is 9.78 Å². The molecule has 0 saturated heterocycles. The molecule has 0 saturated carbocycles. The van der Waals surface area contributed by atoms with Gasteiger partial charge in [0.1, 0.15) is 17.7 Å². The molecule has 0 atom stereocenters. The van der Waals surface area contributed by atoms with E-state index in [1.165, 1.54) is 16.8 Å². The predicted octanol–water partition coefficient (Wildman–Crippen LogP) is 2.22. The van der Waals surface area contributed by atoms with Crippen molar-refractivity contribution in [1.82, 2.24) is 24.1 Å². The van der Waals surface area contributed by atoms with E-state index in [4.69, 9.17) is 0 Å². The normalized spacial score (nSPS) is 11.3. The fourth-order valence-corrected chi connectivity index (χ4v) is 3.57. The van der Waals surface area contributed by atoms with Crippen LogP contribution in [-0.4, -0.2) is 34.9 Å². The van der Waals surface area contributed by atoms with Crippen molar-refractivity contribution in [2.24, 2.45) is 5.92 Å². The Morgan fingerprint density at radius 1 is 1.30 bits per heavy atom. The lowest BCUT2D eigenvalue weighted by atomic mass is 10.2. The van der Waals surface area contributed by atoms with Crippen LogP contribution in [-0.2, 0) is 24.3 Å². The molecule has 0 fully saturated rings. The van der Waals surface area contributed by atoms with E-state index in [0.29, 0.717) is 30.1 Å². The molecule has 0 unspecified atom stereocenters. The molecule has 3 aromatic heterocycles. The van der Waals surface area contributed by atoms with E-state index in [1.54, 1.807) is 4.57 Å². The lowest BCUT2D eigenvalue weighted by molar-refractivity contribution is -0.384. The van der Waals surface area contributed by atoms with Crippen LogP contribution in [0.3, 0.4) is 0 Å². The van der Waals surface area contributed by atoms with Crippen LogP contribution in [0.4, 0.5) is 11.4 Å². The molecule has 2 N–H and O–H groups in total. The highest BCUT2D eigenvalue weighted by Crippen LogP contribution is 2.22. The standard InChI is InChI=1S/C21H27N7O5/c1-4-5-10-26-19-18(20(30)25-21(26)31)27(12-13(2)3)16(24-19)6-7-17(29)23-14-8-9-22-11-15(14)28(32)33/h8-9,11,13H,4-7,10,12H2,1-3H3,(H,22,23,29)(H,25,30,31). The van der Waals surface area contributed by atoms with Crippen molar-refractivity contribution in [2.75, 3.05) is 5.32 Å². The summed E-state index contributed by atoms with van der Waals surface area (Å²) in [6.45, 7) is 6.89. The van der Waals surface area contributed by atoms with Gasteiger partial charge in [0.2, 0.25) is 5.91 Å². The Kier molecular flexibility index (Phi) is 7.36. The van der Waals surface area contributed by atoms with Crippen LogP contribution in [0.5, 0.6) is 0 Å². The van der Waals surface area contributed by atoms with Crippen LogP contribution in [0, 0.1) is 16.0 Å². The van der Waals surface area contributed by atoms with Crippen LogP contribution in [0.2, 0.25) is 0 Å². The van der Waals surface area contributed by atoms with Crippen molar-refractivity contribution >= 4 is 28.4 Å². The third kappa shape index (κ3) is 5.33. The molecule has 1 amide bonds. The summed E-state index contributed by atoms with van der Waals surface area (Å²) in [7, 11) is 0. The number of carbonyl (C=O) groups is 1. The average Bonchev–Trinajstić information content (AvgIpc) is 3.10. The molecule has 176 valence electrons. The molecule has 3 aromatic rings. The molecule has 0 aromatic carbocycles. The molecular formula is C21H27N7O5. The number of imidazole rings is 1. The molecule has 12 heteroatoms. The minimum absolute atomic E-state index is 0.0159. The van der Waals surface area contributed by atoms with E-state index < -0.39 is 22.1 Å². The first kappa shape index (κ1) is 23.8. The number of pyridine rings is 1. The molecule has 0 spiro atoms. The quantitative estimate of drug-likeness (QED) is 0.349. The maximum Gasteiger partial charge on any atom is 0.330 e. The van der Waals surface area contributed by atoms with Crippen molar-refractivity contribution in [3.8, 4) is 0 Å². The van der Waals surface area contributed by atoms with Crippen molar-refractivity contribution in [1.29, 1.82) is 0 Å². The van der Waals surface area contributed by atoms with Crippen molar-refractivity contribution in [3.05, 3.63) is 55.2 Å². The zero-order valence-electron chi connectivity index (χ0n) is 18.8. The molecule has 0 radical (unpaired) electrons. The largest absolute Gasteiger partial charge is 0.330 e. The Bertz CT molecular complexity index is 1290. The fraction of sp³-hybridized carbons (Fsp3) is 0.476. The fourth-order valence-electron chi connectivity index (χ4n) is 3.57. The minimum atomic E-state index is -0.619. The molecule has 0 bridgehead atoms. The SMILES string of the molecule is CCCCn1c(=O)[nH]c(=O)c2c1nc(CCC(=O)Nc1ccncc1[N+](=O)[O-])n2CC(C)C. The number of amides is 1. The van der Waals surface area contributed by atoms with Crippen LogP contribution in [0.25, 0.3) is 11.2 Å². The van der Waals surface area contributed by atoms with Gasteiger partial charge in [-0.05, 0) is 18.4 Å². The molecule has 12 nitrogen and oxygen atoms in total. The number of rotatable bonds is 10. The number of aromatic amines is 1. The Labute approximate surface area is 188 Å². The predicted molar refractivity (Wildman–Crippen MR) is 122 cm³/mol. The summed E-state index contributed by atoms with van der Waals surface area (Å²) < 4.78 is 3.21. The number of nitrogens with one attached hydrogen (secondary N) is 2. The summed E-state index contributed by atoms with van der Waals surface area (Å²) in [5, 5.41) is 13.7. The van der Waals surface area contributed by atoms with Crippen LogP contribution >= 0.6 is 0 Å². The highest BCUT2D eigenvalue weighted by atomic mass is 16.6. The van der Waals surface area contributed by atoms with Gasteiger partial charge in [-0.2, -0.15) is 0 Å². The van der Waals surface area contributed by atoms with E-state index in [2.05, 4.69) is 20.3 Å². The van der Waals surface area contributed by atoms with Crippen LogP contribution < -0.4 is 16.6 Å². The highest BCUT2D eigenvalue weighted by molar-refractivity contribution is 5.93. The number of fused-ring (bicyclic) bond motifs is 1. The van der Waals surface area contributed by atoms with Crippen molar-refractivity contribution < 1.29 is 9.72 Å². The van der Waals surface area contributed by atoms with Gasteiger partial charge in [0.05, 0.1) is 4.92 Å². The number of nitrogens with zero attached hydrogens (tertiary/aromatic N) is 5. The summed E-state index contributed by atoms with van der Waals surface area (Å²) in [6, 6.07) is 1.36. The van der Waals surface area contributed by atoms with Gasteiger partial charge >= 0.3 is 11.4 Å². The number of anilines is 1. The van der Waals surface area contributed by atoms with Gasteiger partial charge in [-0.15, -0.1) is 0 Å². The Hall–Kier alpha value is -3.83. The van der Waals surface area contributed by atoms with Gasteiger partial charge < -0.3 is 9.88 Å². The Morgan fingerprint density at radius 3 is 2.73 bits per heavy atom. The molecule has 3 rings (SSSR count). The second-order valence-corrected chi connectivity index (χ2v) is 8.17. The number of carbonyl (C=O) groups excluding carboxylic acids is 1. The number of aromatic nitrogens is 5. The molecule has 33 heavy (non-hydrogen) atoms. The highest BCUT2D eigenvalue weighted by Gasteiger charge is 2.21. The van der Waals surface area contributed by atoms with Crippen LogP contribution in [0.15, 0.2) is 28.0 Å². The summed E-state index contributed by atoms with van der Waals surface area (Å²) in [5.74, 6) is 0.244. The number of hydrogen-bond donors (Lipinski definition) is 2. The summed E-state index contributed by atoms with van der Waals surface area (Å²) in [6.07, 6.45) is 4.21. The molecule has 0 aliphatic carbocycles. The van der Waals surface area contributed by atoms with Gasteiger partial charge in [-0.3, -0.25) is 34.2 Å². The van der Waals surface area contributed by atoms with E-state index in [0.717, 1.165) is 19.0 Å². The summed E-state index contributed by atoms with van der Waals surface area (Å²) >= 11 is 0. The molecule has 0 aliphatic rings. The third-order valence-corrected chi connectivity index (χ3v) is 5.09. The third-order valence-electron chi connectivity index (χ3n) is 5.09. The molecule has 3 heterocycles. The van der Waals surface area contributed by atoms with Crippen molar-refractivity contribution in [3.63, 3.8) is 0 Å². The average molecular weight is 457 g/mol. The second kappa shape index (κ2) is 10.2. The van der Waals surface area contributed by atoms with E-state index in [9.17, 15) is 24.5 Å². The zero-order chi connectivity index (χ0) is 24.1. The van der Waals surface area contributed by atoms with E-state index in [-0.39, 0.29) is 30.1 Å². The van der Waals surface area contributed by atoms with Crippen molar-refractivity contribution in [2.45, 2.75) is 59.5 Å². The summed E-state index contributed by atoms with van der Waals surface area (Å²) in [4.78, 5) is 58.7. The van der Waals surface area contributed by atoms with E-state index >= 15 is 0 Å². The number of H-pyrrole nitrogens is 1. The lowest BCUT2D eigenvalue weighted by Gasteiger charge is -2.11. The number of hydrogen-bond acceptors (Lipinski definition) is 7. The smallest absolute Gasteiger partial charge is 0.322 e. The lowest BCUT2D eigenvalue weighted by Crippen LogP contribution is -2.31. The number of aryl methyl sites for hydroxylation is 2. The van der Waals surface area contributed by atoms with Gasteiger partial charge in [0, 0.05) is 32.1 Å². The Morgan fingerprint density at radius 2 is 2.06 bits per heavy atom. The monoisotopic (exact) mass is 457 g/mol. The Balaban J connectivity index is 1.93. The number of unbranched alkanes of at least 4 members (excludes halogenated alkanes) is 1. The minimum Gasteiger partial charge on any atom is -0.322 e. The molecular weight excluding hydrogens is 430 g/mol. The zero-order valence-corrected chi connectivity index (χ0v) is 18.8. The van der Waals surface area contributed by atoms with Gasteiger partial charge in [0.25, 0.3) is 5.56 Å². The molecule has 0 aliphatic heterocycles. The van der Waals surface area contributed by atoms with Gasteiger partial charge in [-0.1, -0.05) is 27.2 Å². The van der Waals surface area contributed by atoms with E-state index in [1.807, 2.05) is 20.8 Å².